The van der Waals surface area contributed by atoms with Crippen molar-refractivity contribution in [3.63, 3.8) is 0 Å². The van der Waals surface area contributed by atoms with E-state index in [2.05, 4.69) is 49.3 Å². The van der Waals surface area contributed by atoms with Crippen molar-refractivity contribution in [2.75, 3.05) is 5.32 Å². The number of hydrogen-bond donors (Lipinski definition) is 1. The van der Waals surface area contributed by atoms with Crippen LogP contribution in [0.4, 0.5) is 5.69 Å². The third-order valence-electron chi connectivity index (χ3n) is 2.32. The molecule has 1 N–H and O–H groups in total. The molecule has 0 radical (unpaired) electrons. The van der Waals surface area contributed by atoms with Gasteiger partial charge in [-0.15, -0.1) is 0 Å². The summed E-state index contributed by atoms with van der Waals surface area (Å²) in [7, 11) is 0. The number of benzene rings is 2. The van der Waals surface area contributed by atoms with E-state index in [1.54, 1.807) is 0 Å². The van der Waals surface area contributed by atoms with Crippen molar-refractivity contribution in [2.45, 2.75) is 6.54 Å². The first-order valence-corrected chi connectivity index (χ1v) is 7.05. The summed E-state index contributed by atoms with van der Waals surface area (Å²) in [4.78, 5) is 0. The third kappa shape index (κ3) is 3.47. The van der Waals surface area contributed by atoms with Crippen LogP contribution >= 0.6 is 43.5 Å². The Hall–Kier alpha value is -0.510. The topological polar surface area (TPSA) is 12.0 Å². The fourth-order valence-corrected chi connectivity index (χ4v) is 3.45. The highest BCUT2D eigenvalue weighted by Crippen LogP contribution is 2.34. The van der Waals surface area contributed by atoms with Gasteiger partial charge in [-0.3, -0.25) is 0 Å². The Kier molecular flexibility index (Phi) is 4.48. The summed E-state index contributed by atoms with van der Waals surface area (Å²) in [5.74, 6) is 0. The van der Waals surface area contributed by atoms with Crippen molar-refractivity contribution in [3.8, 4) is 0 Å². The summed E-state index contributed by atoms with van der Waals surface area (Å²) in [5.41, 5.74) is 2.25. The minimum atomic E-state index is 0.703. The van der Waals surface area contributed by atoms with Crippen LogP contribution in [0, 0.1) is 0 Å². The van der Waals surface area contributed by atoms with Gasteiger partial charge in [-0.05, 0) is 49.6 Å². The lowest BCUT2D eigenvalue weighted by molar-refractivity contribution is 1.14. The van der Waals surface area contributed by atoms with Gasteiger partial charge in [-0.1, -0.05) is 41.9 Å². The molecular weight excluding hydrogens is 365 g/mol. The summed E-state index contributed by atoms with van der Waals surface area (Å²) >= 11 is 12.9. The molecule has 0 atom stereocenters. The molecule has 88 valence electrons. The van der Waals surface area contributed by atoms with Crippen molar-refractivity contribution in [3.05, 3.63) is 62.0 Å². The minimum absolute atomic E-state index is 0.703. The van der Waals surface area contributed by atoms with Gasteiger partial charge in [0.05, 0.1) is 5.69 Å². The number of nitrogens with one attached hydrogen (secondary N) is 1. The number of halogens is 3. The monoisotopic (exact) mass is 373 g/mol. The second-order valence-electron chi connectivity index (χ2n) is 3.58. The molecule has 0 aromatic heterocycles. The first kappa shape index (κ1) is 12.9. The maximum absolute atomic E-state index is 5.95. The van der Waals surface area contributed by atoms with Gasteiger partial charge in [0, 0.05) is 20.5 Å². The largest absolute Gasteiger partial charge is 0.379 e. The second-order valence-corrected chi connectivity index (χ2v) is 5.73. The Bertz CT molecular complexity index is 491. The van der Waals surface area contributed by atoms with Crippen LogP contribution < -0.4 is 5.32 Å². The molecule has 4 heteroatoms. The first-order chi connectivity index (χ1) is 8.16. The van der Waals surface area contributed by atoms with Gasteiger partial charge in [0.25, 0.3) is 0 Å². The Morgan fingerprint density at radius 2 is 1.59 bits per heavy atom. The molecule has 0 spiro atoms. The third-order valence-corrected chi connectivity index (χ3v) is 3.79. The highest BCUT2D eigenvalue weighted by atomic mass is 79.9. The zero-order chi connectivity index (χ0) is 12.3. The van der Waals surface area contributed by atoms with Crippen molar-refractivity contribution >= 4 is 49.1 Å². The lowest BCUT2D eigenvalue weighted by atomic mass is 10.2. The molecule has 0 amide bonds. The van der Waals surface area contributed by atoms with Gasteiger partial charge >= 0.3 is 0 Å². The van der Waals surface area contributed by atoms with E-state index in [9.17, 15) is 0 Å². The predicted octanol–water partition coefficient (Wildman–Crippen LogP) is 5.48. The fourth-order valence-electron chi connectivity index (χ4n) is 1.50. The van der Waals surface area contributed by atoms with Gasteiger partial charge in [0.2, 0.25) is 0 Å². The molecule has 0 aliphatic carbocycles. The maximum Gasteiger partial charge on any atom is 0.0632 e. The molecule has 0 fully saturated rings. The van der Waals surface area contributed by atoms with Crippen molar-refractivity contribution in [1.29, 1.82) is 0 Å². The summed E-state index contributed by atoms with van der Waals surface area (Å²) in [6.07, 6.45) is 0. The van der Waals surface area contributed by atoms with Crippen LogP contribution in [-0.2, 0) is 6.54 Å². The average Bonchev–Trinajstić information content (AvgIpc) is 2.29. The molecule has 0 heterocycles. The van der Waals surface area contributed by atoms with Crippen LogP contribution in [0.2, 0.25) is 5.02 Å². The lowest BCUT2D eigenvalue weighted by Gasteiger charge is -2.11. The van der Waals surface area contributed by atoms with Crippen molar-refractivity contribution in [2.24, 2.45) is 0 Å². The van der Waals surface area contributed by atoms with Gasteiger partial charge in [0.15, 0.2) is 0 Å². The smallest absolute Gasteiger partial charge is 0.0632 e. The quantitative estimate of drug-likeness (QED) is 0.749. The molecule has 0 bridgehead atoms. The van der Waals surface area contributed by atoms with E-state index in [0.29, 0.717) is 5.02 Å². The number of hydrogen-bond acceptors (Lipinski definition) is 1. The first-order valence-electron chi connectivity index (χ1n) is 5.09. The van der Waals surface area contributed by atoms with Crippen LogP contribution in [0.15, 0.2) is 51.4 Å². The van der Waals surface area contributed by atoms with Crippen LogP contribution in [0.3, 0.4) is 0 Å². The molecule has 17 heavy (non-hydrogen) atoms. The molecule has 0 saturated heterocycles. The molecule has 0 aliphatic rings. The van der Waals surface area contributed by atoms with E-state index in [-0.39, 0.29) is 0 Å². The molecule has 2 rings (SSSR count). The van der Waals surface area contributed by atoms with Gasteiger partial charge in [-0.25, -0.2) is 0 Å². The molecule has 2 aromatic rings. The van der Waals surface area contributed by atoms with E-state index >= 15 is 0 Å². The maximum atomic E-state index is 5.95. The standard InChI is InChI=1S/C13H10Br2ClN/c14-11-6-10(16)7-12(15)13(11)17-8-9-4-2-1-3-5-9/h1-7,17H,8H2. The van der Waals surface area contributed by atoms with Gasteiger partial charge in [-0.2, -0.15) is 0 Å². The number of rotatable bonds is 3. The Morgan fingerprint density at radius 1 is 1.00 bits per heavy atom. The SMILES string of the molecule is Clc1cc(Br)c(NCc2ccccc2)c(Br)c1. The highest BCUT2D eigenvalue weighted by molar-refractivity contribution is 9.11. The summed E-state index contributed by atoms with van der Waals surface area (Å²) in [6.45, 7) is 0.777. The molecule has 0 aliphatic heterocycles. The fraction of sp³-hybridized carbons (Fsp3) is 0.0769. The van der Waals surface area contributed by atoms with Crippen LogP contribution in [0.25, 0.3) is 0 Å². The van der Waals surface area contributed by atoms with Crippen molar-refractivity contribution < 1.29 is 0 Å². The highest BCUT2D eigenvalue weighted by Gasteiger charge is 2.06. The lowest BCUT2D eigenvalue weighted by Crippen LogP contribution is -2.00. The number of anilines is 1. The van der Waals surface area contributed by atoms with E-state index in [1.165, 1.54) is 5.56 Å². The summed E-state index contributed by atoms with van der Waals surface area (Å²) in [5, 5.41) is 4.08. The van der Waals surface area contributed by atoms with Crippen LogP contribution in [0.5, 0.6) is 0 Å². The minimum Gasteiger partial charge on any atom is -0.379 e. The van der Waals surface area contributed by atoms with Crippen molar-refractivity contribution in [1.82, 2.24) is 0 Å². The Morgan fingerprint density at radius 3 is 2.18 bits per heavy atom. The van der Waals surface area contributed by atoms with E-state index in [0.717, 1.165) is 21.2 Å². The molecule has 2 aromatic carbocycles. The molecular formula is C13H10Br2ClN. The van der Waals surface area contributed by atoms with Crippen LogP contribution in [-0.4, -0.2) is 0 Å². The Balaban J connectivity index is 2.15. The molecule has 0 saturated carbocycles. The van der Waals surface area contributed by atoms with Gasteiger partial charge in [0.1, 0.15) is 0 Å². The summed E-state index contributed by atoms with van der Waals surface area (Å²) < 4.78 is 1.90. The Labute approximate surface area is 122 Å². The van der Waals surface area contributed by atoms with Crippen LogP contribution in [0.1, 0.15) is 5.56 Å². The van der Waals surface area contributed by atoms with Gasteiger partial charge < -0.3 is 5.32 Å². The second kappa shape index (κ2) is 5.89. The zero-order valence-corrected chi connectivity index (χ0v) is 12.8. The molecule has 0 unspecified atom stereocenters. The molecule has 1 nitrogen and oxygen atoms in total. The van der Waals surface area contributed by atoms with E-state index in [1.807, 2.05) is 30.3 Å². The van der Waals surface area contributed by atoms with E-state index < -0.39 is 0 Å². The predicted molar refractivity (Wildman–Crippen MR) is 80.6 cm³/mol. The summed E-state index contributed by atoms with van der Waals surface area (Å²) in [6, 6.07) is 14.0. The van der Waals surface area contributed by atoms with E-state index in [4.69, 9.17) is 11.6 Å². The average molecular weight is 375 g/mol. The zero-order valence-electron chi connectivity index (χ0n) is 8.88. The normalized spacial score (nSPS) is 10.3.